The molecule has 1 N–H and O–H groups in total. The van der Waals surface area contributed by atoms with Crippen molar-refractivity contribution in [3.05, 3.63) is 29.8 Å². The van der Waals surface area contributed by atoms with Crippen molar-refractivity contribution in [3.63, 3.8) is 0 Å². The molecule has 7 heteroatoms. The number of hydrogen-bond acceptors (Lipinski definition) is 5. The highest BCUT2D eigenvalue weighted by molar-refractivity contribution is 5.99. The molecule has 148 valence electrons. The summed E-state index contributed by atoms with van der Waals surface area (Å²) < 4.78 is 10.7. The van der Waals surface area contributed by atoms with Crippen molar-refractivity contribution >= 4 is 17.8 Å². The number of esters is 1. The van der Waals surface area contributed by atoms with Gasteiger partial charge in [0.2, 0.25) is 5.91 Å². The van der Waals surface area contributed by atoms with Crippen molar-refractivity contribution in [3.8, 4) is 5.75 Å². The monoisotopic (exact) mass is 376 g/mol. The van der Waals surface area contributed by atoms with E-state index in [9.17, 15) is 14.4 Å². The van der Waals surface area contributed by atoms with Crippen LogP contribution in [0.2, 0.25) is 0 Å². The van der Waals surface area contributed by atoms with Crippen LogP contribution in [0.5, 0.6) is 5.75 Å². The fraction of sp³-hybridized carbons (Fsp3) is 0.550. The first-order valence-corrected chi connectivity index (χ1v) is 9.54. The fourth-order valence-corrected chi connectivity index (χ4v) is 2.79. The van der Waals surface area contributed by atoms with Crippen molar-refractivity contribution in [2.75, 3.05) is 26.3 Å². The molecule has 7 nitrogen and oxygen atoms in total. The number of amides is 2. The van der Waals surface area contributed by atoms with E-state index in [2.05, 4.69) is 5.32 Å². The van der Waals surface area contributed by atoms with E-state index < -0.39 is 12.0 Å². The second-order valence-electron chi connectivity index (χ2n) is 6.46. The molecule has 0 aromatic heterocycles. The molecular formula is C20H28N2O5. The highest BCUT2D eigenvalue weighted by Crippen LogP contribution is 2.18. The predicted molar refractivity (Wildman–Crippen MR) is 101 cm³/mol. The van der Waals surface area contributed by atoms with Crippen LogP contribution in [0.1, 0.15) is 49.9 Å². The van der Waals surface area contributed by atoms with Gasteiger partial charge in [-0.25, -0.2) is 0 Å². The quantitative estimate of drug-likeness (QED) is 0.527. The van der Waals surface area contributed by atoms with Gasteiger partial charge in [-0.05, 0) is 37.1 Å². The summed E-state index contributed by atoms with van der Waals surface area (Å²) in [5, 5.41) is 2.71. The predicted octanol–water partition coefficient (Wildman–Crippen LogP) is 2.15. The van der Waals surface area contributed by atoms with E-state index in [1.165, 1.54) is 4.90 Å². The Morgan fingerprint density at radius 2 is 1.89 bits per heavy atom. The van der Waals surface area contributed by atoms with E-state index in [1.54, 1.807) is 24.3 Å². The molecule has 0 unspecified atom stereocenters. The van der Waals surface area contributed by atoms with E-state index in [0.717, 1.165) is 19.3 Å². The highest BCUT2D eigenvalue weighted by Gasteiger charge is 2.35. The van der Waals surface area contributed by atoms with Gasteiger partial charge in [-0.15, -0.1) is 0 Å². The third-order valence-electron chi connectivity index (χ3n) is 4.29. The van der Waals surface area contributed by atoms with Gasteiger partial charge in [-0.1, -0.05) is 20.3 Å². The number of piperazine rings is 1. The third kappa shape index (κ3) is 5.98. The highest BCUT2D eigenvalue weighted by atomic mass is 16.5. The van der Waals surface area contributed by atoms with Crippen molar-refractivity contribution in [1.82, 2.24) is 10.2 Å². The average Bonchev–Trinajstić information content (AvgIpc) is 2.68. The van der Waals surface area contributed by atoms with Crippen LogP contribution >= 0.6 is 0 Å². The minimum atomic E-state index is -0.851. The van der Waals surface area contributed by atoms with Gasteiger partial charge in [0, 0.05) is 18.7 Å². The molecule has 0 spiro atoms. The topological polar surface area (TPSA) is 84.9 Å². The maximum Gasteiger partial charge on any atom is 0.308 e. The van der Waals surface area contributed by atoms with Gasteiger partial charge >= 0.3 is 5.97 Å². The largest absolute Gasteiger partial charge is 0.494 e. The van der Waals surface area contributed by atoms with Crippen LogP contribution < -0.4 is 10.1 Å². The lowest BCUT2D eigenvalue weighted by molar-refractivity contribution is -0.147. The van der Waals surface area contributed by atoms with Crippen molar-refractivity contribution in [2.45, 2.75) is 45.6 Å². The molecule has 1 saturated heterocycles. The first-order valence-electron chi connectivity index (χ1n) is 9.54. The molecule has 1 aliphatic heterocycles. The lowest BCUT2D eigenvalue weighted by Crippen LogP contribution is -2.57. The SMILES string of the molecule is CCCCOC(=O)C[C@H]1C(=O)NCCN1C(=O)c1ccc(OCCC)cc1. The molecule has 1 fully saturated rings. The fourth-order valence-electron chi connectivity index (χ4n) is 2.79. The number of carbonyl (C=O) groups is 3. The van der Waals surface area contributed by atoms with Crippen LogP contribution in [0.25, 0.3) is 0 Å². The molecule has 1 aliphatic rings. The molecular weight excluding hydrogens is 348 g/mol. The Hall–Kier alpha value is -2.57. The summed E-state index contributed by atoms with van der Waals surface area (Å²) in [6.45, 7) is 5.68. The third-order valence-corrected chi connectivity index (χ3v) is 4.29. The molecule has 1 aromatic carbocycles. The number of nitrogens with zero attached hydrogens (tertiary/aromatic N) is 1. The zero-order valence-corrected chi connectivity index (χ0v) is 16.0. The van der Waals surface area contributed by atoms with Gasteiger partial charge in [0.25, 0.3) is 5.91 Å². The van der Waals surface area contributed by atoms with Crippen LogP contribution in [0.15, 0.2) is 24.3 Å². The van der Waals surface area contributed by atoms with E-state index in [-0.39, 0.29) is 18.2 Å². The summed E-state index contributed by atoms with van der Waals surface area (Å²) >= 11 is 0. The molecule has 2 rings (SSSR count). The van der Waals surface area contributed by atoms with Gasteiger partial charge in [0.05, 0.1) is 19.6 Å². The first kappa shape index (κ1) is 20.7. The average molecular weight is 376 g/mol. The summed E-state index contributed by atoms with van der Waals surface area (Å²) in [4.78, 5) is 38.6. The summed E-state index contributed by atoms with van der Waals surface area (Å²) in [5.74, 6) is -0.379. The minimum absolute atomic E-state index is 0.140. The Labute approximate surface area is 160 Å². The van der Waals surface area contributed by atoms with Crippen LogP contribution in [0.4, 0.5) is 0 Å². The van der Waals surface area contributed by atoms with E-state index in [4.69, 9.17) is 9.47 Å². The maximum atomic E-state index is 12.9. The Bertz CT molecular complexity index is 644. The summed E-state index contributed by atoms with van der Waals surface area (Å²) in [7, 11) is 0. The number of hydrogen-bond donors (Lipinski definition) is 1. The number of benzene rings is 1. The number of ether oxygens (including phenoxy) is 2. The van der Waals surface area contributed by atoms with E-state index in [1.807, 2.05) is 13.8 Å². The van der Waals surface area contributed by atoms with Crippen molar-refractivity contribution in [1.29, 1.82) is 0 Å². The smallest absolute Gasteiger partial charge is 0.308 e. The molecule has 0 saturated carbocycles. The second-order valence-corrected chi connectivity index (χ2v) is 6.46. The summed E-state index contributed by atoms with van der Waals surface area (Å²) in [6.07, 6.45) is 2.45. The van der Waals surface area contributed by atoms with Crippen LogP contribution in [-0.2, 0) is 14.3 Å². The van der Waals surface area contributed by atoms with E-state index in [0.29, 0.717) is 37.6 Å². The standard InChI is InChI=1S/C20H28N2O5/c1-3-5-13-27-18(23)14-17-19(24)21-10-11-22(17)20(25)15-6-8-16(9-7-15)26-12-4-2/h6-9,17H,3-5,10-14H2,1-2H3,(H,21,24)/t17-/m0/s1. The zero-order chi connectivity index (χ0) is 19.6. The maximum absolute atomic E-state index is 12.9. The number of carbonyl (C=O) groups excluding carboxylic acids is 3. The number of unbranched alkanes of at least 4 members (excludes halogenated alkanes) is 1. The Kier molecular flexibility index (Phi) is 8.10. The van der Waals surface area contributed by atoms with Crippen LogP contribution in [0.3, 0.4) is 0 Å². The van der Waals surface area contributed by atoms with Gasteiger partial charge in [-0.3, -0.25) is 14.4 Å². The molecule has 1 atom stereocenters. The van der Waals surface area contributed by atoms with Crippen molar-refractivity contribution in [2.24, 2.45) is 0 Å². The normalized spacial score (nSPS) is 16.6. The van der Waals surface area contributed by atoms with Crippen LogP contribution in [-0.4, -0.2) is 55.0 Å². The Morgan fingerprint density at radius 3 is 2.56 bits per heavy atom. The van der Waals surface area contributed by atoms with Crippen LogP contribution in [0, 0.1) is 0 Å². The summed E-state index contributed by atoms with van der Waals surface area (Å²) in [6, 6.07) is 5.98. The molecule has 2 amide bonds. The Morgan fingerprint density at radius 1 is 1.15 bits per heavy atom. The summed E-state index contributed by atoms with van der Waals surface area (Å²) in [5.41, 5.74) is 0.456. The van der Waals surface area contributed by atoms with Gasteiger partial charge in [-0.2, -0.15) is 0 Å². The molecule has 0 aliphatic carbocycles. The van der Waals surface area contributed by atoms with E-state index >= 15 is 0 Å². The van der Waals surface area contributed by atoms with Gasteiger partial charge < -0.3 is 19.7 Å². The second kappa shape index (κ2) is 10.5. The van der Waals surface area contributed by atoms with Gasteiger partial charge in [0.1, 0.15) is 11.8 Å². The lowest BCUT2D eigenvalue weighted by atomic mass is 10.1. The number of nitrogens with one attached hydrogen (secondary N) is 1. The molecule has 0 bridgehead atoms. The molecule has 1 aromatic rings. The molecule has 0 radical (unpaired) electrons. The Balaban J connectivity index is 2.04. The molecule has 27 heavy (non-hydrogen) atoms. The zero-order valence-electron chi connectivity index (χ0n) is 16.0. The number of rotatable bonds is 9. The molecule has 1 heterocycles. The van der Waals surface area contributed by atoms with Gasteiger partial charge in [0.15, 0.2) is 0 Å². The lowest BCUT2D eigenvalue weighted by Gasteiger charge is -2.34. The van der Waals surface area contributed by atoms with Crippen molar-refractivity contribution < 1.29 is 23.9 Å². The first-order chi connectivity index (χ1) is 13.1. The minimum Gasteiger partial charge on any atom is -0.494 e.